The van der Waals surface area contributed by atoms with Gasteiger partial charge < -0.3 is 4.57 Å². The van der Waals surface area contributed by atoms with Crippen molar-refractivity contribution < 1.29 is 0 Å². The van der Waals surface area contributed by atoms with E-state index in [0.717, 1.165) is 49.7 Å². The van der Waals surface area contributed by atoms with Gasteiger partial charge in [-0.2, -0.15) is 10.5 Å². The molecule has 0 atom stereocenters. The monoisotopic (exact) mass is 446 g/mol. The molecule has 0 spiro atoms. The number of pyridine rings is 1. The van der Waals surface area contributed by atoms with E-state index in [9.17, 15) is 5.26 Å². The van der Waals surface area contributed by atoms with E-state index in [-0.39, 0.29) is 0 Å². The minimum absolute atomic E-state index is 0.408. The number of rotatable bonds is 3. The highest BCUT2D eigenvalue weighted by Crippen LogP contribution is 2.34. The van der Waals surface area contributed by atoms with Crippen LogP contribution in [0.15, 0.2) is 109 Å². The molecule has 0 aliphatic rings. The normalized spacial score (nSPS) is 10.8. The number of aromatic nitrogens is 2. The fourth-order valence-corrected chi connectivity index (χ4v) is 4.65. The van der Waals surface area contributed by atoms with Gasteiger partial charge in [0.2, 0.25) is 0 Å². The summed E-state index contributed by atoms with van der Waals surface area (Å²) in [6.45, 7) is 0. The largest absolute Gasteiger partial charge is 0.309 e. The Morgan fingerprint density at radius 3 is 2.09 bits per heavy atom. The van der Waals surface area contributed by atoms with Crippen LogP contribution in [-0.4, -0.2) is 9.55 Å². The molecular weight excluding hydrogens is 428 g/mol. The number of hydrogen-bond acceptors (Lipinski definition) is 3. The molecule has 0 aliphatic heterocycles. The average molecular weight is 447 g/mol. The van der Waals surface area contributed by atoms with Gasteiger partial charge in [-0.15, -0.1) is 0 Å². The molecule has 0 aliphatic carbocycles. The molecule has 6 aromatic rings. The van der Waals surface area contributed by atoms with Crippen LogP contribution in [0.4, 0.5) is 0 Å². The van der Waals surface area contributed by atoms with Crippen molar-refractivity contribution in [2.45, 2.75) is 0 Å². The second kappa shape index (κ2) is 8.30. The van der Waals surface area contributed by atoms with E-state index in [4.69, 9.17) is 5.26 Å². The van der Waals surface area contributed by atoms with Crippen LogP contribution in [0.25, 0.3) is 49.7 Å². The number of nitriles is 2. The Morgan fingerprint density at radius 2 is 1.31 bits per heavy atom. The lowest BCUT2D eigenvalue weighted by Gasteiger charge is -2.11. The van der Waals surface area contributed by atoms with Crippen molar-refractivity contribution >= 4 is 21.8 Å². The van der Waals surface area contributed by atoms with E-state index in [1.807, 2.05) is 42.5 Å². The van der Waals surface area contributed by atoms with Gasteiger partial charge in [-0.1, -0.05) is 48.5 Å². The molecule has 0 saturated carbocycles. The molecule has 0 unspecified atom stereocenters. The lowest BCUT2D eigenvalue weighted by atomic mass is 9.99. The van der Waals surface area contributed by atoms with E-state index in [2.05, 4.69) is 76.3 Å². The molecule has 2 heterocycles. The standard InChI is InChI=1S/C31H18N4/c32-18-21-11-14-31-29(15-21)28-9-1-2-10-30(28)35(31)27-8-4-7-24(17-27)22-5-3-6-23(16-22)25-12-13-26(19-33)34-20-25/h1-17,20H. The average Bonchev–Trinajstić information content (AvgIpc) is 3.27. The van der Waals surface area contributed by atoms with Crippen molar-refractivity contribution in [1.29, 1.82) is 10.5 Å². The van der Waals surface area contributed by atoms with Crippen molar-refractivity contribution in [3.05, 3.63) is 121 Å². The molecule has 4 heteroatoms. The van der Waals surface area contributed by atoms with Gasteiger partial charge in [0.15, 0.2) is 0 Å². The minimum Gasteiger partial charge on any atom is -0.309 e. The van der Waals surface area contributed by atoms with E-state index >= 15 is 0 Å². The zero-order valence-electron chi connectivity index (χ0n) is 18.7. The summed E-state index contributed by atoms with van der Waals surface area (Å²) in [6, 6.07) is 39.0. The van der Waals surface area contributed by atoms with E-state index in [1.54, 1.807) is 12.3 Å². The molecular formula is C31H18N4. The molecule has 162 valence electrons. The maximum atomic E-state index is 9.41. The Kier molecular flexibility index (Phi) is 4.84. The van der Waals surface area contributed by atoms with Gasteiger partial charge in [-0.3, -0.25) is 0 Å². The maximum Gasteiger partial charge on any atom is 0.140 e. The summed E-state index contributed by atoms with van der Waals surface area (Å²) in [5.41, 5.74) is 8.51. The molecule has 6 rings (SSSR count). The van der Waals surface area contributed by atoms with Crippen LogP contribution >= 0.6 is 0 Å². The van der Waals surface area contributed by atoms with Crippen LogP contribution in [0, 0.1) is 22.7 Å². The highest BCUT2D eigenvalue weighted by Gasteiger charge is 2.13. The Bertz CT molecular complexity index is 1810. The third-order valence-electron chi connectivity index (χ3n) is 6.31. The Hall–Kier alpha value is -5.19. The summed E-state index contributed by atoms with van der Waals surface area (Å²) in [6.07, 6.45) is 1.74. The first-order chi connectivity index (χ1) is 17.2. The molecule has 0 saturated heterocycles. The van der Waals surface area contributed by atoms with Crippen LogP contribution in [0.3, 0.4) is 0 Å². The zero-order chi connectivity index (χ0) is 23.8. The van der Waals surface area contributed by atoms with Gasteiger partial charge in [0.1, 0.15) is 11.8 Å². The van der Waals surface area contributed by atoms with E-state index in [1.165, 1.54) is 0 Å². The van der Waals surface area contributed by atoms with E-state index in [0.29, 0.717) is 11.3 Å². The fraction of sp³-hybridized carbons (Fsp3) is 0. The molecule has 4 nitrogen and oxygen atoms in total. The van der Waals surface area contributed by atoms with Crippen molar-refractivity contribution in [3.8, 4) is 40.1 Å². The van der Waals surface area contributed by atoms with Gasteiger partial charge in [0.25, 0.3) is 0 Å². The van der Waals surface area contributed by atoms with Crippen LogP contribution < -0.4 is 0 Å². The van der Waals surface area contributed by atoms with Gasteiger partial charge in [0, 0.05) is 28.2 Å². The number of fused-ring (bicyclic) bond motifs is 3. The van der Waals surface area contributed by atoms with E-state index < -0.39 is 0 Å². The number of para-hydroxylation sites is 1. The Balaban J connectivity index is 1.49. The number of hydrogen-bond donors (Lipinski definition) is 0. The first-order valence-electron chi connectivity index (χ1n) is 11.3. The quantitative estimate of drug-likeness (QED) is 0.287. The fourth-order valence-electron chi connectivity index (χ4n) is 4.65. The van der Waals surface area contributed by atoms with Crippen LogP contribution in [0.2, 0.25) is 0 Å². The predicted octanol–water partition coefficient (Wildman–Crippen LogP) is 7.26. The molecule has 0 N–H and O–H groups in total. The number of benzene rings is 4. The second-order valence-corrected chi connectivity index (χ2v) is 8.37. The molecule has 0 radical (unpaired) electrons. The van der Waals surface area contributed by atoms with Crippen molar-refractivity contribution in [2.24, 2.45) is 0 Å². The summed E-state index contributed by atoms with van der Waals surface area (Å²) in [7, 11) is 0. The zero-order valence-corrected chi connectivity index (χ0v) is 18.7. The Labute approximate surface area is 202 Å². The van der Waals surface area contributed by atoms with Crippen LogP contribution in [-0.2, 0) is 0 Å². The summed E-state index contributed by atoms with van der Waals surface area (Å²) in [5, 5.41) is 20.6. The molecule has 2 aromatic heterocycles. The smallest absolute Gasteiger partial charge is 0.140 e. The van der Waals surface area contributed by atoms with Crippen molar-refractivity contribution in [1.82, 2.24) is 9.55 Å². The highest BCUT2D eigenvalue weighted by atomic mass is 15.0. The molecule has 35 heavy (non-hydrogen) atoms. The van der Waals surface area contributed by atoms with Gasteiger partial charge in [-0.05, 0) is 71.3 Å². The molecule has 4 aromatic carbocycles. The minimum atomic E-state index is 0.408. The van der Waals surface area contributed by atoms with Gasteiger partial charge in [0.05, 0.1) is 22.7 Å². The number of nitrogens with zero attached hydrogens (tertiary/aromatic N) is 4. The first kappa shape index (κ1) is 20.4. The van der Waals surface area contributed by atoms with Crippen LogP contribution in [0.1, 0.15) is 11.3 Å². The highest BCUT2D eigenvalue weighted by molar-refractivity contribution is 6.09. The molecule has 0 fully saturated rings. The second-order valence-electron chi connectivity index (χ2n) is 8.37. The predicted molar refractivity (Wildman–Crippen MR) is 139 cm³/mol. The third-order valence-corrected chi connectivity index (χ3v) is 6.31. The summed E-state index contributed by atoms with van der Waals surface area (Å²) in [4.78, 5) is 4.21. The van der Waals surface area contributed by atoms with Gasteiger partial charge in [-0.25, -0.2) is 4.98 Å². The maximum absolute atomic E-state index is 9.41. The summed E-state index contributed by atoms with van der Waals surface area (Å²) in [5.74, 6) is 0. The first-order valence-corrected chi connectivity index (χ1v) is 11.3. The van der Waals surface area contributed by atoms with Gasteiger partial charge >= 0.3 is 0 Å². The lowest BCUT2D eigenvalue weighted by Crippen LogP contribution is -1.94. The van der Waals surface area contributed by atoms with Crippen molar-refractivity contribution in [3.63, 3.8) is 0 Å². The van der Waals surface area contributed by atoms with Crippen LogP contribution in [0.5, 0.6) is 0 Å². The third kappa shape index (κ3) is 3.51. The topological polar surface area (TPSA) is 65.4 Å². The summed E-state index contributed by atoms with van der Waals surface area (Å²) >= 11 is 0. The van der Waals surface area contributed by atoms with Crippen molar-refractivity contribution in [2.75, 3.05) is 0 Å². The molecule has 0 bridgehead atoms. The Morgan fingerprint density at radius 1 is 0.571 bits per heavy atom. The molecule has 0 amide bonds. The lowest BCUT2D eigenvalue weighted by molar-refractivity contribution is 1.18. The SMILES string of the molecule is N#Cc1ccc2c(c1)c1ccccc1n2-c1cccc(-c2cccc(-c3ccc(C#N)nc3)c2)c1. The summed E-state index contributed by atoms with van der Waals surface area (Å²) < 4.78 is 2.25.